The SMILES string of the molecule is CCCOc1cc(OC2CCCC(N)C2)ccc1[N+](=O)[O-]. The van der Waals surface area contributed by atoms with Gasteiger partial charge in [0.2, 0.25) is 5.75 Å². The van der Waals surface area contributed by atoms with Gasteiger partial charge in [-0.15, -0.1) is 0 Å². The first kappa shape index (κ1) is 15.6. The summed E-state index contributed by atoms with van der Waals surface area (Å²) in [7, 11) is 0. The van der Waals surface area contributed by atoms with Gasteiger partial charge in [-0.1, -0.05) is 6.92 Å². The van der Waals surface area contributed by atoms with Crippen LogP contribution in [0.3, 0.4) is 0 Å². The minimum Gasteiger partial charge on any atom is -0.490 e. The Morgan fingerprint density at radius 3 is 2.90 bits per heavy atom. The number of hydrogen-bond donors (Lipinski definition) is 1. The van der Waals surface area contributed by atoms with Gasteiger partial charge >= 0.3 is 5.69 Å². The quantitative estimate of drug-likeness (QED) is 0.643. The number of nitrogens with two attached hydrogens (primary N) is 1. The Balaban J connectivity index is 2.10. The van der Waals surface area contributed by atoms with Crippen molar-refractivity contribution in [3.05, 3.63) is 28.3 Å². The van der Waals surface area contributed by atoms with Crippen LogP contribution in [0.4, 0.5) is 5.69 Å². The number of nitro benzene ring substituents is 1. The van der Waals surface area contributed by atoms with Crippen LogP contribution in [0, 0.1) is 10.1 Å². The molecular formula is C15H22N2O4. The zero-order chi connectivity index (χ0) is 15.2. The number of ether oxygens (including phenoxy) is 2. The standard InChI is InChI=1S/C15H22N2O4/c1-2-8-20-15-10-13(6-7-14(15)17(18)19)21-12-5-3-4-11(16)9-12/h6-7,10-12H,2-5,8-9,16H2,1H3. The van der Waals surface area contributed by atoms with Crippen molar-refractivity contribution in [2.24, 2.45) is 5.73 Å². The van der Waals surface area contributed by atoms with Crippen molar-refractivity contribution in [2.75, 3.05) is 6.61 Å². The van der Waals surface area contributed by atoms with E-state index in [1.165, 1.54) is 6.07 Å². The van der Waals surface area contributed by atoms with E-state index in [2.05, 4.69) is 0 Å². The Labute approximate surface area is 124 Å². The van der Waals surface area contributed by atoms with E-state index in [4.69, 9.17) is 15.2 Å². The van der Waals surface area contributed by atoms with E-state index in [9.17, 15) is 10.1 Å². The highest BCUT2D eigenvalue weighted by Gasteiger charge is 2.22. The van der Waals surface area contributed by atoms with E-state index in [1.54, 1.807) is 12.1 Å². The predicted octanol–water partition coefficient (Wildman–Crippen LogP) is 3.03. The lowest BCUT2D eigenvalue weighted by Gasteiger charge is -2.27. The van der Waals surface area contributed by atoms with Gasteiger partial charge in [0, 0.05) is 18.2 Å². The number of benzene rings is 1. The summed E-state index contributed by atoms with van der Waals surface area (Å²) < 4.78 is 11.4. The molecule has 2 atom stereocenters. The van der Waals surface area contributed by atoms with Crippen LogP contribution < -0.4 is 15.2 Å². The van der Waals surface area contributed by atoms with E-state index in [0.717, 1.165) is 32.1 Å². The average molecular weight is 294 g/mol. The molecule has 2 rings (SSSR count). The summed E-state index contributed by atoms with van der Waals surface area (Å²) >= 11 is 0. The molecule has 0 radical (unpaired) electrons. The van der Waals surface area contributed by atoms with E-state index in [1.807, 2.05) is 6.92 Å². The summed E-state index contributed by atoms with van der Waals surface area (Å²) in [5.41, 5.74) is 5.91. The molecule has 1 fully saturated rings. The zero-order valence-corrected chi connectivity index (χ0v) is 12.3. The van der Waals surface area contributed by atoms with Crippen LogP contribution in [0.25, 0.3) is 0 Å². The Kier molecular flexibility index (Phi) is 5.38. The molecule has 1 aliphatic rings. The molecule has 1 saturated carbocycles. The molecular weight excluding hydrogens is 272 g/mol. The topological polar surface area (TPSA) is 87.6 Å². The maximum atomic E-state index is 11.0. The molecule has 6 heteroatoms. The first-order chi connectivity index (χ1) is 10.1. The minimum absolute atomic E-state index is 0.0313. The van der Waals surface area contributed by atoms with Crippen molar-refractivity contribution in [3.63, 3.8) is 0 Å². The molecule has 0 aliphatic heterocycles. The third kappa shape index (κ3) is 4.32. The number of nitrogens with zero attached hydrogens (tertiary/aromatic N) is 1. The molecule has 2 unspecified atom stereocenters. The van der Waals surface area contributed by atoms with E-state index < -0.39 is 4.92 Å². The van der Waals surface area contributed by atoms with Gasteiger partial charge < -0.3 is 15.2 Å². The van der Waals surface area contributed by atoms with Gasteiger partial charge in [-0.2, -0.15) is 0 Å². The molecule has 0 spiro atoms. The van der Waals surface area contributed by atoms with Gasteiger partial charge in [0.25, 0.3) is 0 Å². The van der Waals surface area contributed by atoms with Crippen molar-refractivity contribution < 1.29 is 14.4 Å². The monoisotopic (exact) mass is 294 g/mol. The van der Waals surface area contributed by atoms with Gasteiger partial charge in [0.15, 0.2) is 0 Å². The van der Waals surface area contributed by atoms with Crippen LogP contribution in [0.5, 0.6) is 11.5 Å². The van der Waals surface area contributed by atoms with Crippen molar-refractivity contribution >= 4 is 5.69 Å². The predicted molar refractivity (Wildman–Crippen MR) is 79.7 cm³/mol. The molecule has 1 aromatic carbocycles. The Morgan fingerprint density at radius 2 is 2.24 bits per heavy atom. The van der Waals surface area contributed by atoms with Gasteiger partial charge in [0.05, 0.1) is 11.5 Å². The number of rotatable bonds is 6. The number of hydrogen-bond acceptors (Lipinski definition) is 5. The highest BCUT2D eigenvalue weighted by atomic mass is 16.6. The summed E-state index contributed by atoms with van der Waals surface area (Å²) in [6, 6.07) is 4.84. The third-order valence-corrected chi connectivity index (χ3v) is 3.56. The third-order valence-electron chi connectivity index (χ3n) is 3.56. The second-order valence-electron chi connectivity index (χ2n) is 5.40. The van der Waals surface area contributed by atoms with Gasteiger partial charge in [-0.25, -0.2) is 0 Å². The fourth-order valence-electron chi connectivity index (χ4n) is 2.53. The summed E-state index contributed by atoms with van der Waals surface area (Å²) in [5, 5.41) is 11.0. The molecule has 1 aromatic rings. The molecule has 0 amide bonds. The lowest BCUT2D eigenvalue weighted by molar-refractivity contribution is -0.385. The average Bonchev–Trinajstić information content (AvgIpc) is 2.45. The Hall–Kier alpha value is -1.82. The van der Waals surface area contributed by atoms with Crippen molar-refractivity contribution in [2.45, 2.75) is 51.2 Å². The number of nitro groups is 1. The highest BCUT2D eigenvalue weighted by Crippen LogP contribution is 2.33. The first-order valence-electron chi connectivity index (χ1n) is 7.43. The summed E-state index contributed by atoms with van der Waals surface area (Å²) in [6.45, 7) is 2.40. The summed E-state index contributed by atoms with van der Waals surface area (Å²) in [6.07, 6.45) is 4.75. The molecule has 0 heterocycles. The normalized spacial score (nSPS) is 21.8. The second kappa shape index (κ2) is 7.26. The lowest BCUT2D eigenvalue weighted by Crippen LogP contribution is -2.33. The molecule has 6 nitrogen and oxygen atoms in total. The Morgan fingerprint density at radius 1 is 1.43 bits per heavy atom. The maximum Gasteiger partial charge on any atom is 0.311 e. The lowest BCUT2D eigenvalue weighted by atomic mass is 9.93. The fourth-order valence-corrected chi connectivity index (χ4v) is 2.53. The van der Waals surface area contributed by atoms with Crippen LogP contribution in [-0.4, -0.2) is 23.7 Å². The Bertz CT molecular complexity index is 493. The van der Waals surface area contributed by atoms with Gasteiger partial charge in [-0.05, 0) is 38.2 Å². The second-order valence-corrected chi connectivity index (χ2v) is 5.40. The first-order valence-corrected chi connectivity index (χ1v) is 7.43. The summed E-state index contributed by atoms with van der Waals surface area (Å²) in [4.78, 5) is 10.6. The van der Waals surface area contributed by atoms with Crippen LogP contribution in [0.2, 0.25) is 0 Å². The fraction of sp³-hybridized carbons (Fsp3) is 0.600. The molecule has 2 N–H and O–H groups in total. The van der Waals surface area contributed by atoms with Crippen molar-refractivity contribution in [3.8, 4) is 11.5 Å². The van der Waals surface area contributed by atoms with E-state index in [-0.39, 0.29) is 23.6 Å². The maximum absolute atomic E-state index is 11.0. The van der Waals surface area contributed by atoms with E-state index in [0.29, 0.717) is 12.4 Å². The molecule has 1 aliphatic carbocycles. The van der Waals surface area contributed by atoms with Crippen LogP contribution in [-0.2, 0) is 0 Å². The van der Waals surface area contributed by atoms with Gasteiger partial charge in [-0.3, -0.25) is 10.1 Å². The minimum atomic E-state index is -0.439. The smallest absolute Gasteiger partial charge is 0.311 e. The van der Waals surface area contributed by atoms with Gasteiger partial charge in [0.1, 0.15) is 11.9 Å². The van der Waals surface area contributed by atoms with E-state index >= 15 is 0 Å². The largest absolute Gasteiger partial charge is 0.490 e. The zero-order valence-electron chi connectivity index (χ0n) is 12.3. The van der Waals surface area contributed by atoms with Crippen molar-refractivity contribution in [1.29, 1.82) is 0 Å². The van der Waals surface area contributed by atoms with Crippen LogP contribution >= 0.6 is 0 Å². The summed E-state index contributed by atoms with van der Waals surface area (Å²) in [5.74, 6) is 0.866. The highest BCUT2D eigenvalue weighted by molar-refractivity contribution is 5.50. The van der Waals surface area contributed by atoms with Crippen LogP contribution in [0.1, 0.15) is 39.0 Å². The molecule has 21 heavy (non-hydrogen) atoms. The molecule has 0 saturated heterocycles. The molecule has 116 valence electrons. The van der Waals surface area contributed by atoms with Crippen LogP contribution in [0.15, 0.2) is 18.2 Å². The van der Waals surface area contributed by atoms with Crippen molar-refractivity contribution in [1.82, 2.24) is 0 Å². The molecule has 0 bridgehead atoms. The molecule has 0 aromatic heterocycles.